The summed E-state index contributed by atoms with van der Waals surface area (Å²) in [5.74, 6) is 1.63. The highest BCUT2D eigenvalue weighted by molar-refractivity contribution is 7.92. The van der Waals surface area contributed by atoms with Gasteiger partial charge in [0.25, 0.3) is 0 Å². The summed E-state index contributed by atoms with van der Waals surface area (Å²) < 4.78 is 27.8. The third-order valence-corrected chi connectivity index (χ3v) is 11.8. The van der Waals surface area contributed by atoms with Gasteiger partial charge in [-0.3, -0.25) is 13.9 Å². The molecule has 7 nitrogen and oxygen atoms in total. The number of nitrogens with zero attached hydrogens (tertiary/aromatic N) is 2. The molecule has 3 aromatic carbocycles. The SMILES string of the molecule is CC(C)NC(=O)[C@H](Cc1ccccc1)N(Cc1cccc(Cl)c1)C(=O)CN(c1ccc(C23CC4CC(CC(C4)C2)C3)cc1)S(C)(=O)=O. The number of rotatable bonds is 12. The molecule has 4 aliphatic rings. The third-order valence-electron chi connectivity index (χ3n) is 10.4. The predicted molar refractivity (Wildman–Crippen MR) is 188 cm³/mol. The van der Waals surface area contributed by atoms with Gasteiger partial charge in [0, 0.05) is 24.0 Å². The van der Waals surface area contributed by atoms with E-state index in [4.69, 9.17) is 11.6 Å². The number of amides is 2. The molecule has 0 radical (unpaired) electrons. The average molecular weight is 676 g/mol. The quantitative estimate of drug-likeness (QED) is 0.231. The lowest BCUT2D eigenvalue weighted by molar-refractivity contribution is -0.140. The molecule has 0 unspecified atom stereocenters. The van der Waals surface area contributed by atoms with Crippen molar-refractivity contribution in [3.63, 3.8) is 0 Å². The van der Waals surface area contributed by atoms with Gasteiger partial charge in [0.05, 0.1) is 11.9 Å². The Balaban J connectivity index is 1.31. The van der Waals surface area contributed by atoms with Crippen LogP contribution in [0.1, 0.15) is 69.1 Å². The van der Waals surface area contributed by atoms with Crippen LogP contribution in [0.2, 0.25) is 5.02 Å². The van der Waals surface area contributed by atoms with Crippen molar-refractivity contribution in [1.29, 1.82) is 0 Å². The number of hydrogen-bond acceptors (Lipinski definition) is 4. The lowest BCUT2D eigenvalue weighted by Crippen LogP contribution is -2.54. The van der Waals surface area contributed by atoms with Crippen LogP contribution in [0, 0.1) is 17.8 Å². The monoisotopic (exact) mass is 675 g/mol. The molecule has 1 atom stereocenters. The fourth-order valence-electron chi connectivity index (χ4n) is 8.83. The normalized spacial score (nSPS) is 23.8. The van der Waals surface area contributed by atoms with E-state index in [9.17, 15) is 18.0 Å². The molecule has 4 saturated carbocycles. The standard InChI is InChI=1S/C38H46ClN3O4S/c1-26(2)40-37(44)35(20-27-8-5-4-6-9-27)41(24-28-10-7-11-33(39)19-28)36(43)25-42(47(3,45)46)34-14-12-32(13-15-34)38-21-29-16-30(22-38)18-31(17-29)23-38/h4-15,19,26,29-31,35H,16-18,20-25H2,1-3H3,(H,40,44)/t29?,30?,31?,35-,38?/m0/s1. The highest BCUT2D eigenvalue weighted by atomic mass is 35.5. The number of carbonyl (C=O) groups excluding carboxylic acids is 2. The van der Waals surface area contributed by atoms with E-state index in [2.05, 4.69) is 17.4 Å². The van der Waals surface area contributed by atoms with Crippen LogP contribution in [0.4, 0.5) is 5.69 Å². The molecule has 0 aromatic heterocycles. The smallest absolute Gasteiger partial charge is 0.244 e. The van der Waals surface area contributed by atoms with Gasteiger partial charge < -0.3 is 10.2 Å². The molecule has 1 N–H and O–H groups in total. The molecule has 4 fully saturated rings. The zero-order valence-electron chi connectivity index (χ0n) is 27.6. The molecular formula is C38H46ClN3O4S. The first kappa shape index (κ1) is 33.5. The van der Waals surface area contributed by atoms with E-state index in [0.717, 1.165) is 35.1 Å². The van der Waals surface area contributed by atoms with Crippen molar-refractivity contribution < 1.29 is 18.0 Å². The van der Waals surface area contributed by atoms with E-state index in [-0.39, 0.29) is 30.3 Å². The van der Waals surface area contributed by atoms with Gasteiger partial charge in [-0.15, -0.1) is 0 Å². The number of sulfonamides is 1. The van der Waals surface area contributed by atoms with Gasteiger partial charge in [-0.25, -0.2) is 8.42 Å². The second kappa shape index (κ2) is 13.6. The molecule has 0 heterocycles. The first-order valence-corrected chi connectivity index (χ1v) is 19.1. The minimum absolute atomic E-state index is 0.0883. The van der Waals surface area contributed by atoms with Crippen molar-refractivity contribution in [2.75, 3.05) is 17.1 Å². The summed E-state index contributed by atoms with van der Waals surface area (Å²) in [4.78, 5) is 29.6. The Morgan fingerprint density at radius 3 is 2.02 bits per heavy atom. The first-order valence-electron chi connectivity index (χ1n) is 16.8. The second-order valence-electron chi connectivity index (χ2n) is 14.5. The van der Waals surface area contributed by atoms with E-state index in [1.165, 1.54) is 53.3 Å². The van der Waals surface area contributed by atoms with E-state index in [1.807, 2.05) is 62.4 Å². The lowest BCUT2D eigenvalue weighted by Gasteiger charge is -2.57. The minimum atomic E-state index is -3.84. The van der Waals surface area contributed by atoms with E-state index < -0.39 is 28.5 Å². The number of halogens is 1. The van der Waals surface area contributed by atoms with Crippen molar-refractivity contribution in [1.82, 2.24) is 10.2 Å². The van der Waals surface area contributed by atoms with E-state index >= 15 is 0 Å². The Hall–Kier alpha value is -3.36. The van der Waals surface area contributed by atoms with Crippen LogP contribution < -0.4 is 9.62 Å². The maximum atomic E-state index is 14.4. The summed E-state index contributed by atoms with van der Waals surface area (Å²) in [6.45, 7) is 3.40. The molecule has 0 spiro atoms. The Morgan fingerprint density at radius 1 is 0.872 bits per heavy atom. The summed E-state index contributed by atoms with van der Waals surface area (Å²) >= 11 is 6.31. The average Bonchev–Trinajstić information content (AvgIpc) is 3.00. The van der Waals surface area contributed by atoms with Crippen LogP contribution >= 0.6 is 11.6 Å². The van der Waals surface area contributed by atoms with Crippen LogP contribution in [0.25, 0.3) is 0 Å². The molecule has 0 aliphatic heterocycles. The number of hydrogen-bond donors (Lipinski definition) is 1. The molecular weight excluding hydrogens is 630 g/mol. The van der Waals surface area contributed by atoms with Crippen LogP contribution in [-0.2, 0) is 38.0 Å². The van der Waals surface area contributed by atoms with Crippen LogP contribution in [0.5, 0.6) is 0 Å². The summed E-state index contributed by atoms with van der Waals surface area (Å²) in [7, 11) is -3.84. The third kappa shape index (κ3) is 7.70. The largest absolute Gasteiger partial charge is 0.352 e. The van der Waals surface area contributed by atoms with E-state index in [1.54, 1.807) is 18.2 Å². The fourth-order valence-corrected chi connectivity index (χ4v) is 9.89. The van der Waals surface area contributed by atoms with Crippen LogP contribution in [-0.4, -0.2) is 50.0 Å². The van der Waals surface area contributed by atoms with Crippen molar-refractivity contribution >= 4 is 39.1 Å². The van der Waals surface area contributed by atoms with Crippen molar-refractivity contribution in [2.24, 2.45) is 17.8 Å². The van der Waals surface area contributed by atoms with Gasteiger partial charge >= 0.3 is 0 Å². The highest BCUT2D eigenvalue weighted by Crippen LogP contribution is 2.60. The van der Waals surface area contributed by atoms with Gasteiger partial charge in [-0.2, -0.15) is 0 Å². The fraction of sp³-hybridized carbons (Fsp3) is 0.474. The summed E-state index contributed by atoms with van der Waals surface area (Å²) in [5.41, 5.74) is 3.55. The van der Waals surface area contributed by atoms with Crippen LogP contribution in [0.3, 0.4) is 0 Å². The van der Waals surface area contributed by atoms with Crippen molar-refractivity contribution in [3.8, 4) is 0 Å². The number of anilines is 1. The molecule has 0 saturated heterocycles. The summed E-state index contributed by atoms with van der Waals surface area (Å²) in [5, 5.41) is 3.49. The van der Waals surface area contributed by atoms with Crippen LogP contribution in [0.15, 0.2) is 78.9 Å². The Kier molecular flexibility index (Phi) is 9.73. The number of nitrogens with one attached hydrogen (secondary N) is 1. The van der Waals surface area contributed by atoms with Gasteiger partial charge in [-0.1, -0.05) is 66.2 Å². The molecule has 4 aliphatic carbocycles. The topological polar surface area (TPSA) is 86.8 Å². The molecule has 2 amide bonds. The molecule has 250 valence electrons. The van der Waals surface area contributed by atoms with Crippen molar-refractivity contribution in [3.05, 3.63) is 101 Å². The molecule has 3 aromatic rings. The molecule has 9 heteroatoms. The molecule has 7 rings (SSSR count). The molecule has 4 bridgehead atoms. The Morgan fingerprint density at radius 2 is 1.47 bits per heavy atom. The van der Waals surface area contributed by atoms with Gasteiger partial charge in [0.1, 0.15) is 12.6 Å². The lowest BCUT2D eigenvalue weighted by atomic mass is 9.48. The highest BCUT2D eigenvalue weighted by Gasteiger charge is 2.51. The molecule has 47 heavy (non-hydrogen) atoms. The van der Waals surface area contributed by atoms with Gasteiger partial charge in [0.15, 0.2) is 0 Å². The van der Waals surface area contributed by atoms with E-state index in [0.29, 0.717) is 10.7 Å². The van der Waals surface area contributed by atoms with Crippen molar-refractivity contribution in [2.45, 2.75) is 82.8 Å². The first-order chi connectivity index (χ1) is 22.4. The minimum Gasteiger partial charge on any atom is -0.352 e. The summed E-state index contributed by atoms with van der Waals surface area (Å²) in [6, 6.07) is 23.6. The zero-order valence-corrected chi connectivity index (χ0v) is 29.1. The number of benzene rings is 3. The maximum Gasteiger partial charge on any atom is 0.244 e. The number of carbonyl (C=O) groups is 2. The summed E-state index contributed by atoms with van der Waals surface area (Å²) in [6.07, 6.45) is 9.10. The van der Waals surface area contributed by atoms with Gasteiger partial charge in [0.2, 0.25) is 21.8 Å². The Labute approximate surface area is 284 Å². The predicted octanol–water partition coefficient (Wildman–Crippen LogP) is 6.74. The zero-order chi connectivity index (χ0) is 33.3. The van der Waals surface area contributed by atoms with Gasteiger partial charge in [-0.05, 0) is 116 Å². The Bertz CT molecular complexity index is 1660. The maximum absolute atomic E-state index is 14.4. The second-order valence-corrected chi connectivity index (χ2v) is 16.9.